The summed E-state index contributed by atoms with van der Waals surface area (Å²) in [7, 11) is 1.58. The molecule has 0 aliphatic heterocycles. The van der Waals surface area contributed by atoms with Crippen LogP contribution >= 0.6 is 0 Å². The lowest BCUT2D eigenvalue weighted by Crippen LogP contribution is -2.28. The van der Waals surface area contributed by atoms with E-state index in [1.165, 1.54) is 0 Å². The molecule has 20 heavy (non-hydrogen) atoms. The van der Waals surface area contributed by atoms with E-state index in [-0.39, 0.29) is 17.6 Å². The second kappa shape index (κ2) is 6.55. The van der Waals surface area contributed by atoms with Gasteiger partial charge in [-0.1, -0.05) is 12.8 Å². The molecule has 0 saturated heterocycles. The van der Waals surface area contributed by atoms with Gasteiger partial charge in [0, 0.05) is 12.0 Å². The molecule has 1 aliphatic rings. The van der Waals surface area contributed by atoms with Crippen molar-refractivity contribution in [3.8, 4) is 5.75 Å². The van der Waals surface area contributed by atoms with E-state index < -0.39 is 5.97 Å². The molecule has 4 heteroatoms. The molecule has 0 spiro atoms. The van der Waals surface area contributed by atoms with Gasteiger partial charge >= 0.3 is 5.97 Å². The Balaban J connectivity index is 2.03. The van der Waals surface area contributed by atoms with Gasteiger partial charge in [-0.2, -0.15) is 0 Å². The van der Waals surface area contributed by atoms with E-state index in [4.69, 9.17) is 4.74 Å². The van der Waals surface area contributed by atoms with Gasteiger partial charge in [-0.05, 0) is 43.0 Å². The second-order valence-corrected chi connectivity index (χ2v) is 5.35. The first-order valence-electron chi connectivity index (χ1n) is 7.02. The van der Waals surface area contributed by atoms with Crippen LogP contribution in [0.25, 0.3) is 0 Å². The summed E-state index contributed by atoms with van der Waals surface area (Å²) in [5, 5.41) is 9.23. The normalized spacial score (nSPS) is 22.2. The third-order valence-electron chi connectivity index (χ3n) is 4.09. The van der Waals surface area contributed by atoms with Gasteiger partial charge < -0.3 is 9.84 Å². The van der Waals surface area contributed by atoms with Gasteiger partial charge in [-0.3, -0.25) is 9.59 Å². The van der Waals surface area contributed by atoms with Crippen molar-refractivity contribution < 1.29 is 19.4 Å². The van der Waals surface area contributed by atoms with E-state index in [0.29, 0.717) is 24.2 Å². The summed E-state index contributed by atoms with van der Waals surface area (Å²) in [6.07, 6.45) is 3.81. The van der Waals surface area contributed by atoms with Crippen molar-refractivity contribution in [2.75, 3.05) is 7.11 Å². The Labute approximate surface area is 118 Å². The number of carbonyl (C=O) groups is 2. The first-order valence-corrected chi connectivity index (χ1v) is 7.02. The predicted molar refractivity (Wildman–Crippen MR) is 75.0 cm³/mol. The number of ether oxygens (including phenoxy) is 1. The van der Waals surface area contributed by atoms with E-state index >= 15 is 0 Å². The molecular formula is C16H20O4. The molecule has 1 aromatic rings. The Bertz CT molecular complexity index is 478. The number of Topliss-reactive ketones (excluding diaryl/α,β-unsaturated/α-hetero) is 1. The number of carboxylic acids is 1. The summed E-state index contributed by atoms with van der Waals surface area (Å²) in [5.74, 6) is -0.438. The Morgan fingerprint density at radius 1 is 1.20 bits per heavy atom. The third-order valence-corrected chi connectivity index (χ3v) is 4.09. The first-order chi connectivity index (χ1) is 9.61. The smallest absolute Gasteiger partial charge is 0.306 e. The number of benzene rings is 1. The zero-order valence-corrected chi connectivity index (χ0v) is 11.7. The van der Waals surface area contributed by atoms with Crippen LogP contribution in [0.1, 0.15) is 42.5 Å². The Hall–Kier alpha value is -1.84. The minimum absolute atomic E-state index is 0.0193. The highest BCUT2D eigenvalue weighted by atomic mass is 16.5. The van der Waals surface area contributed by atoms with Gasteiger partial charge in [0.05, 0.1) is 13.0 Å². The maximum absolute atomic E-state index is 12.2. The zero-order chi connectivity index (χ0) is 14.5. The van der Waals surface area contributed by atoms with E-state index in [2.05, 4.69) is 0 Å². The molecule has 0 aromatic heterocycles. The summed E-state index contributed by atoms with van der Waals surface area (Å²) in [6.45, 7) is 0. The van der Waals surface area contributed by atoms with Crippen molar-refractivity contribution in [3.63, 3.8) is 0 Å². The van der Waals surface area contributed by atoms with Crippen LogP contribution in [-0.4, -0.2) is 24.0 Å². The number of ketones is 1. The SMILES string of the molecule is COc1ccc(C(=O)C[C@@H]2CCCC[C@@H]2C(=O)O)cc1. The van der Waals surface area contributed by atoms with E-state index in [9.17, 15) is 14.7 Å². The molecule has 4 nitrogen and oxygen atoms in total. The number of rotatable bonds is 5. The fourth-order valence-corrected chi connectivity index (χ4v) is 2.91. The van der Waals surface area contributed by atoms with E-state index in [1.54, 1.807) is 31.4 Å². The molecule has 1 fully saturated rings. The maximum Gasteiger partial charge on any atom is 0.306 e. The molecule has 1 aromatic carbocycles. The molecule has 1 aliphatic carbocycles. The quantitative estimate of drug-likeness (QED) is 0.839. The van der Waals surface area contributed by atoms with Crippen molar-refractivity contribution in [2.45, 2.75) is 32.1 Å². The number of hydrogen-bond acceptors (Lipinski definition) is 3. The molecule has 0 radical (unpaired) electrons. The minimum Gasteiger partial charge on any atom is -0.497 e. The van der Waals surface area contributed by atoms with Gasteiger partial charge in [0.2, 0.25) is 0 Å². The van der Waals surface area contributed by atoms with Gasteiger partial charge in [-0.15, -0.1) is 0 Å². The van der Waals surface area contributed by atoms with Crippen LogP contribution in [0.3, 0.4) is 0 Å². The number of methoxy groups -OCH3 is 1. The van der Waals surface area contributed by atoms with Crippen LogP contribution in [-0.2, 0) is 4.79 Å². The molecule has 0 heterocycles. The van der Waals surface area contributed by atoms with Crippen molar-refractivity contribution in [3.05, 3.63) is 29.8 Å². The summed E-state index contributed by atoms with van der Waals surface area (Å²) < 4.78 is 5.06. The number of hydrogen-bond donors (Lipinski definition) is 1. The number of carbonyl (C=O) groups excluding carboxylic acids is 1. The lowest BCUT2D eigenvalue weighted by Gasteiger charge is -2.27. The van der Waals surface area contributed by atoms with Crippen LogP contribution in [0.5, 0.6) is 5.75 Å². The first kappa shape index (κ1) is 14.6. The third kappa shape index (κ3) is 3.38. The fraction of sp³-hybridized carbons (Fsp3) is 0.500. The van der Waals surface area contributed by atoms with Crippen LogP contribution in [0.15, 0.2) is 24.3 Å². The number of carboxylic acid groups (broad SMARTS) is 1. The van der Waals surface area contributed by atoms with E-state index in [0.717, 1.165) is 19.3 Å². The van der Waals surface area contributed by atoms with Gasteiger partial charge in [0.1, 0.15) is 5.75 Å². The molecule has 1 saturated carbocycles. The lowest BCUT2D eigenvalue weighted by molar-refractivity contribution is -0.144. The van der Waals surface area contributed by atoms with Gasteiger partial charge in [0.15, 0.2) is 5.78 Å². The van der Waals surface area contributed by atoms with Crippen molar-refractivity contribution in [1.82, 2.24) is 0 Å². The Morgan fingerprint density at radius 3 is 2.45 bits per heavy atom. The van der Waals surface area contributed by atoms with Gasteiger partial charge in [-0.25, -0.2) is 0 Å². The molecule has 1 N–H and O–H groups in total. The molecular weight excluding hydrogens is 256 g/mol. The highest BCUT2D eigenvalue weighted by Gasteiger charge is 2.32. The van der Waals surface area contributed by atoms with E-state index in [1.807, 2.05) is 0 Å². The van der Waals surface area contributed by atoms with Crippen LogP contribution in [0.4, 0.5) is 0 Å². The topological polar surface area (TPSA) is 63.6 Å². The summed E-state index contributed by atoms with van der Waals surface area (Å²) >= 11 is 0. The molecule has 0 bridgehead atoms. The summed E-state index contributed by atoms with van der Waals surface area (Å²) in [5.41, 5.74) is 0.625. The molecule has 2 atom stereocenters. The molecule has 0 unspecified atom stereocenters. The average molecular weight is 276 g/mol. The van der Waals surface area contributed by atoms with Crippen molar-refractivity contribution in [1.29, 1.82) is 0 Å². The largest absolute Gasteiger partial charge is 0.497 e. The van der Waals surface area contributed by atoms with Crippen LogP contribution in [0.2, 0.25) is 0 Å². The minimum atomic E-state index is -0.766. The maximum atomic E-state index is 12.2. The zero-order valence-electron chi connectivity index (χ0n) is 11.7. The molecule has 0 amide bonds. The second-order valence-electron chi connectivity index (χ2n) is 5.35. The fourth-order valence-electron chi connectivity index (χ4n) is 2.91. The Morgan fingerprint density at radius 2 is 1.85 bits per heavy atom. The average Bonchev–Trinajstić information content (AvgIpc) is 2.47. The highest BCUT2D eigenvalue weighted by molar-refractivity contribution is 5.96. The monoisotopic (exact) mass is 276 g/mol. The Kier molecular flexibility index (Phi) is 4.77. The highest BCUT2D eigenvalue weighted by Crippen LogP contribution is 2.33. The van der Waals surface area contributed by atoms with Gasteiger partial charge in [0.25, 0.3) is 0 Å². The van der Waals surface area contributed by atoms with Crippen molar-refractivity contribution >= 4 is 11.8 Å². The molecule has 108 valence electrons. The number of aliphatic carboxylic acids is 1. The summed E-state index contributed by atoms with van der Waals surface area (Å²) in [6, 6.07) is 6.98. The van der Waals surface area contributed by atoms with Crippen LogP contribution < -0.4 is 4.74 Å². The van der Waals surface area contributed by atoms with Crippen molar-refractivity contribution in [2.24, 2.45) is 11.8 Å². The molecule has 2 rings (SSSR count). The lowest BCUT2D eigenvalue weighted by atomic mass is 9.76. The summed E-state index contributed by atoms with van der Waals surface area (Å²) in [4.78, 5) is 23.5. The predicted octanol–water partition coefficient (Wildman–Crippen LogP) is 3.16. The standard InChI is InChI=1S/C16H20O4/c1-20-13-8-6-11(7-9-13)15(17)10-12-4-2-3-5-14(12)16(18)19/h6-9,12,14H,2-5,10H2,1H3,(H,18,19)/t12-,14-/m0/s1. The van der Waals surface area contributed by atoms with Crippen LogP contribution in [0, 0.1) is 11.8 Å².